The molecule has 0 amide bonds. The molecule has 1 saturated heterocycles. The van der Waals surface area contributed by atoms with Crippen LogP contribution in [-0.2, 0) is 4.79 Å². The lowest BCUT2D eigenvalue weighted by Crippen LogP contribution is -2.46. The van der Waals surface area contributed by atoms with Crippen LogP contribution in [0, 0.1) is 11.3 Å². The molecule has 0 unspecified atom stereocenters. The minimum Gasteiger partial charge on any atom is -0.305 e. The van der Waals surface area contributed by atoms with Gasteiger partial charge in [-0.25, -0.2) is 0 Å². The Kier molecular flexibility index (Phi) is 3.71. The van der Waals surface area contributed by atoms with Crippen LogP contribution in [0.1, 0.15) is 40.0 Å². The van der Waals surface area contributed by atoms with Crippen molar-refractivity contribution in [3.63, 3.8) is 0 Å². The number of hydrogen-bond donors (Lipinski definition) is 0. The number of piperidine rings is 1. The fourth-order valence-corrected chi connectivity index (χ4v) is 2.74. The summed E-state index contributed by atoms with van der Waals surface area (Å²) in [5.41, 5.74) is -0.0405. The molecule has 1 rings (SSSR count). The van der Waals surface area contributed by atoms with Crippen LogP contribution in [0.15, 0.2) is 0 Å². The maximum atomic E-state index is 11.8. The van der Waals surface area contributed by atoms with E-state index in [0.717, 1.165) is 25.9 Å². The van der Waals surface area contributed by atoms with Crippen molar-refractivity contribution in [3.05, 3.63) is 0 Å². The summed E-state index contributed by atoms with van der Waals surface area (Å²) < 4.78 is 0. The van der Waals surface area contributed by atoms with Gasteiger partial charge < -0.3 is 4.90 Å². The van der Waals surface area contributed by atoms with E-state index in [1.807, 2.05) is 0 Å². The SMILES string of the molecule is CC(=O)[C@@]1(CC(C)C)CCCN(C)C1. The molecule has 0 N–H and O–H groups in total. The largest absolute Gasteiger partial charge is 0.305 e. The standard InChI is InChI=1S/C12H23NO/c1-10(2)8-12(11(3)14)6-5-7-13(4)9-12/h10H,5-9H2,1-4H3/t12-/m1/s1. The predicted molar refractivity (Wildman–Crippen MR) is 59.3 cm³/mol. The van der Waals surface area contributed by atoms with E-state index in [0.29, 0.717) is 11.7 Å². The summed E-state index contributed by atoms with van der Waals surface area (Å²) in [5.74, 6) is 1.00. The lowest BCUT2D eigenvalue weighted by Gasteiger charge is -2.40. The summed E-state index contributed by atoms with van der Waals surface area (Å²) in [6.07, 6.45) is 3.31. The van der Waals surface area contributed by atoms with Crippen molar-refractivity contribution in [2.24, 2.45) is 11.3 Å². The number of nitrogens with zero attached hydrogens (tertiary/aromatic N) is 1. The van der Waals surface area contributed by atoms with Crippen molar-refractivity contribution in [2.45, 2.75) is 40.0 Å². The zero-order chi connectivity index (χ0) is 10.8. The number of ketones is 1. The van der Waals surface area contributed by atoms with Crippen LogP contribution < -0.4 is 0 Å². The second-order valence-electron chi connectivity index (χ2n) is 5.28. The van der Waals surface area contributed by atoms with E-state index in [1.54, 1.807) is 6.92 Å². The summed E-state index contributed by atoms with van der Waals surface area (Å²) in [7, 11) is 2.12. The topological polar surface area (TPSA) is 20.3 Å². The number of hydrogen-bond acceptors (Lipinski definition) is 2. The molecule has 1 aliphatic heterocycles. The number of rotatable bonds is 3. The van der Waals surface area contributed by atoms with Crippen molar-refractivity contribution < 1.29 is 4.79 Å². The van der Waals surface area contributed by atoms with Gasteiger partial charge in [0.2, 0.25) is 0 Å². The van der Waals surface area contributed by atoms with Gasteiger partial charge in [0, 0.05) is 12.0 Å². The van der Waals surface area contributed by atoms with Gasteiger partial charge in [-0.3, -0.25) is 4.79 Å². The highest BCUT2D eigenvalue weighted by atomic mass is 16.1. The van der Waals surface area contributed by atoms with Crippen LogP contribution >= 0.6 is 0 Å². The van der Waals surface area contributed by atoms with E-state index in [-0.39, 0.29) is 5.41 Å². The minimum absolute atomic E-state index is 0.0405. The van der Waals surface area contributed by atoms with Gasteiger partial charge in [0.1, 0.15) is 5.78 Å². The maximum absolute atomic E-state index is 11.8. The summed E-state index contributed by atoms with van der Waals surface area (Å²) in [6.45, 7) is 8.29. The Morgan fingerprint density at radius 3 is 2.57 bits per heavy atom. The van der Waals surface area contributed by atoms with E-state index in [4.69, 9.17) is 0 Å². The first-order chi connectivity index (χ1) is 6.46. The van der Waals surface area contributed by atoms with Gasteiger partial charge in [0.05, 0.1) is 0 Å². The molecule has 0 aromatic rings. The van der Waals surface area contributed by atoms with Gasteiger partial charge in [-0.1, -0.05) is 13.8 Å². The zero-order valence-electron chi connectivity index (χ0n) is 9.97. The Bertz CT molecular complexity index is 208. The Labute approximate surface area is 87.7 Å². The Hall–Kier alpha value is -0.370. The molecular weight excluding hydrogens is 174 g/mol. The highest BCUT2D eigenvalue weighted by Gasteiger charge is 2.38. The lowest BCUT2D eigenvalue weighted by atomic mass is 9.71. The Morgan fingerprint density at radius 2 is 2.14 bits per heavy atom. The molecule has 0 bridgehead atoms. The van der Waals surface area contributed by atoms with Gasteiger partial charge in [-0.15, -0.1) is 0 Å². The number of Topliss-reactive ketones (excluding diaryl/α,β-unsaturated/α-hetero) is 1. The first-order valence-corrected chi connectivity index (χ1v) is 5.66. The van der Waals surface area contributed by atoms with Crippen LogP contribution in [0.25, 0.3) is 0 Å². The Morgan fingerprint density at radius 1 is 1.50 bits per heavy atom. The minimum atomic E-state index is -0.0405. The summed E-state index contributed by atoms with van der Waals surface area (Å²) in [6, 6.07) is 0. The van der Waals surface area contributed by atoms with Crippen molar-refractivity contribution in [2.75, 3.05) is 20.1 Å². The van der Waals surface area contributed by atoms with E-state index < -0.39 is 0 Å². The third-order valence-electron chi connectivity index (χ3n) is 3.31. The molecule has 0 aromatic heterocycles. The molecule has 2 nitrogen and oxygen atoms in total. The molecule has 14 heavy (non-hydrogen) atoms. The number of carbonyl (C=O) groups is 1. The normalized spacial score (nSPS) is 29.5. The van der Waals surface area contributed by atoms with Gasteiger partial charge in [0.15, 0.2) is 0 Å². The van der Waals surface area contributed by atoms with Crippen LogP contribution in [0.4, 0.5) is 0 Å². The number of likely N-dealkylation sites (tertiary alicyclic amines) is 1. The highest BCUT2D eigenvalue weighted by Crippen LogP contribution is 2.36. The van der Waals surface area contributed by atoms with Crippen LogP contribution in [0.3, 0.4) is 0 Å². The van der Waals surface area contributed by atoms with Crippen molar-refractivity contribution >= 4 is 5.78 Å². The first-order valence-electron chi connectivity index (χ1n) is 5.66. The molecule has 0 saturated carbocycles. The number of carbonyl (C=O) groups excluding carboxylic acids is 1. The van der Waals surface area contributed by atoms with E-state index >= 15 is 0 Å². The van der Waals surface area contributed by atoms with Crippen LogP contribution in [-0.4, -0.2) is 30.8 Å². The molecule has 0 spiro atoms. The van der Waals surface area contributed by atoms with Gasteiger partial charge in [-0.2, -0.15) is 0 Å². The third kappa shape index (κ3) is 2.57. The average molecular weight is 197 g/mol. The fraction of sp³-hybridized carbons (Fsp3) is 0.917. The van der Waals surface area contributed by atoms with Crippen molar-refractivity contribution in [1.29, 1.82) is 0 Å². The van der Waals surface area contributed by atoms with E-state index in [2.05, 4.69) is 25.8 Å². The molecular formula is C12H23NO. The van der Waals surface area contributed by atoms with E-state index in [9.17, 15) is 4.79 Å². The van der Waals surface area contributed by atoms with Gasteiger partial charge in [-0.05, 0) is 45.7 Å². The third-order valence-corrected chi connectivity index (χ3v) is 3.31. The lowest BCUT2D eigenvalue weighted by molar-refractivity contribution is -0.130. The second kappa shape index (κ2) is 4.43. The molecule has 0 aromatic carbocycles. The summed E-state index contributed by atoms with van der Waals surface area (Å²) in [5, 5.41) is 0. The monoisotopic (exact) mass is 197 g/mol. The van der Waals surface area contributed by atoms with Gasteiger partial charge >= 0.3 is 0 Å². The fourth-order valence-electron chi connectivity index (χ4n) is 2.74. The summed E-state index contributed by atoms with van der Waals surface area (Å²) >= 11 is 0. The molecule has 1 aliphatic rings. The molecule has 1 atom stereocenters. The van der Waals surface area contributed by atoms with Crippen LogP contribution in [0.5, 0.6) is 0 Å². The molecule has 1 heterocycles. The Balaban J connectivity index is 2.75. The predicted octanol–water partition coefficient (Wildman–Crippen LogP) is 2.33. The average Bonchev–Trinajstić information content (AvgIpc) is 2.02. The van der Waals surface area contributed by atoms with Crippen molar-refractivity contribution in [3.8, 4) is 0 Å². The van der Waals surface area contributed by atoms with Gasteiger partial charge in [0.25, 0.3) is 0 Å². The zero-order valence-corrected chi connectivity index (χ0v) is 9.97. The van der Waals surface area contributed by atoms with Crippen LogP contribution in [0.2, 0.25) is 0 Å². The first kappa shape index (κ1) is 11.7. The smallest absolute Gasteiger partial charge is 0.137 e. The quantitative estimate of drug-likeness (QED) is 0.692. The van der Waals surface area contributed by atoms with E-state index in [1.165, 1.54) is 6.42 Å². The molecule has 2 heteroatoms. The molecule has 82 valence electrons. The molecule has 0 radical (unpaired) electrons. The highest BCUT2D eigenvalue weighted by molar-refractivity contribution is 5.82. The summed E-state index contributed by atoms with van der Waals surface area (Å²) in [4.78, 5) is 14.1. The maximum Gasteiger partial charge on any atom is 0.137 e. The van der Waals surface area contributed by atoms with Crippen molar-refractivity contribution in [1.82, 2.24) is 4.90 Å². The second-order valence-corrected chi connectivity index (χ2v) is 5.28. The molecule has 1 fully saturated rings. The molecule has 0 aliphatic carbocycles.